The van der Waals surface area contributed by atoms with Gasteiger partial charge in [-0.05, 0) is 30.2 Å². The monoisotopic (exact) mass is 423 g/mol. The summed E-state index contributed by atoms with van der Waals surface area (Å²) in [4.78, 5) is 19.3. The predicted molar refractivity (Wildman–Crippen MR) is 124 cm³/mol. The summed E-state index contributed by atoms with van der Waals surface area (Å²) in [5.74, 6) is 0.680. The van der Waals surface area contributed by atoms with Crippen molar-refractivity contribution in [2.24, 2.45) is 4.99 Å². The van der Waals surface area contributed by atoms with Crippen LogP contribution >= 0.6 is 0 Å². The van der Waals surface area contributed by atoms with Crippen LogP contribution in [-0.2, 0) is 17.8 Å². The maximum absolute atomic E-state index is 12.1. The summed E-state index contributed by atoms with van der Waals surface area (Å²) in [6, 6.07) is 17.7. The predicted octanol–water partition coefficient (Wildman–Crippen LogP) is 2.00. The summed E-state index contributed by atoms with van der Waals surface area (Å²) in [6.45, 7) is 9.00. The minimum absolute atomic E-state index is 0.0682. The second kappa shape index (κ2) is 12.7. The molecule has 0 unspecified atom stereocenters. The number of aliphatic imine (C=N–C) groups is 1. The molecule has 0 spiro atoms. The van der Waals surface area contributed by atoms with Crippen molar-refractivity contribution < 1.29 is 9.53 Å². The largest absolute Gasteiger partial charge is 0.379 e. The number of benzene rings is 2. The van der Waals surface area contributed by atoms with Crippen molar-refractivity contribution in [2.75, 3.05) is 45.9 Å². The number of amides is 1. The summed E-state index contributed by atoms with van der Waals surface area (Å²) in [5.41, 5.74) is 3.20. The lowest BCUT2D eigenvalue weighted by Crippen LogP contribution is -2.41. The summed E-state index contributed by atoms with van der Waals surface area (Å²) < 4.78 is 5.45. The smallest absolute Gasteiger partial charge is 0.251 e. The molecule has 166 valence electrons. The summed E-state index contributed by atoms with van der Waals surface area (Å²) in [6.07, 6.45) is 0. The third-order valence-electron chi connectivity index (χ3n) is 5.11. The first-order chi connectivity index (χ1) is 15.3. The van der Waals surface area contributed by atoms with E-state index in [4.69, 9.17) is 9.73 Å². The van der Waals surface area contributed by atoms with E-state index in [1.165, 1.54) is 11.1 Å². The number of nitrogens with zero attached hydrogens (tertiary/aromatic N) is 2. The molecule has 0 saturated carbocycles. The molecular weight excluding hydrogens is 390 g/mol. The molecule has 3 N–H and O–H groups in total. The molecule has 2 aromatic rings. The van der Waals surface area contributed by atoms with Gasteiger partial charge in [0.2, 0.25) is 0 Å². The number of hydrogen-bond acceptors (Lipinski definition) is 4. The number of rotatable bonds is 9. The van der Waals surface area contributed by atoms with Gasteiger partial charge >= 0.3 is 0 Å². The molecule has 1 saturated heterocycles. The molecule has 7 heteroatoms. The Bertz CT molecular complexity index is 835. The van der Waals surface area contributed by atoms with Crippen LogP contribution in [-0.4, -0.2) is 62.7 Å². The Hall–Kier alpha value is -2.90. The van der Waals surface area contributed by atoms with Crippen LogP contribution in [0.15, 0.2) is 59.6 Å². The molecule has 0 aromatic heterocycles. The first-order valence-electron chi connectivity index (χ1n) is 11.0. The number of nitrogens with one attached hydrogen (secondary N) is 3. The molecule has 1 amide bonds. The van der Waals surface area contributed by atoms with E-state index in [-0.39, 0.29) is 5.91 Å². The molecule has 1 aliphatic heterocycles. The van der Waals surface area contributed by atoms with Gasteiger partial charge in [0.1, 0.15) is 0 Å². The first-order valence-corrected chi connectivity index (χ1v) is 11.0. The molecule has 1 heterocycles. The van der Waals surface area contributed by atoms with Gasteiger partial charge in [0.05, 0.1) is 19.8 Å². The maximum atomic E-state index is 12.1. The third-order valence-corrected chi connectivity index (χ3v) is 5.11. The maximum Gasteiger partial charge on any atom is 0.251 e. The lowest BCUT2D eigenvalue weighted by Gasteiger charge is -2.27. The Labute approximate surface area is 184 Å². The van der Waals surface area contributed by atoms with Gasteiger partial charge in [-0.1, -0.05) is 42.5 Å². The zero-order valence-electron chi connectivity index (χ0n) is 18.3. The first kappa shape index (κ1) is 22.8. The van der Waals surface area contributed by atoms with Gasteiger partial charge < -0.3 is 20.7 Å². The average Bonchev–Trinajstić information content (AvgIpc) is 2.82. The van der Waals surface area contributed by atoms with Gasteiger partial charge in [-0.25, -0.2) is 4.99 Å². The summed E-state index contributed by atoms with van der Waals surface area (Å²) in [5, 5.41) is 9.49. The van der Waals surface area contributed by atoms with Crippen molar-refractivity contribution in [3.8, 4) is 0 Å². The van der Waals surface area contributed by atoms with E-state index < -0.39 is 0 Å². The van der Waals surface area contributed by atoms with E-state index >= 15 is 0 Å². The van der Waals surface area contributed by atoms with Crippen molar-refractivity contribution in [1.82, 2.24) is 20.9 Å². The Morgan fingerprint density at radius 3 is 2.35 bits per heavy atom. The highest BCUT2D eigenvalue weighted by Crippen LogP contribution is 2.14. The van der Waals surface area contributed by atoms with E-state index in [0.29, 0.717) is 25.2 Å². The van der Waals surface area contributed by atoms with Gasteiger partial charge in [0.25, 0.3) is 5.91 Å². The standard InChI is InChI=1S/C24H33N5O2/c1-2-25-24(27-13-12-26-23(30)20-8-4-3-5-9-20)28-18-21-10-6-7-11-22(21)19-29-14-16-31-17-15-29/h3-11H,2,12-19H2,1H3,(H,26,30)(H2,25,27,28). The zero-order chi connectivity index (χ0) is 21.7. The van der Waals surface area contributed by atoms with Crippen LogP contribution in [0.25, 0.3) is 0 Å². The number of morpholine rings is 1. The Kier molecular flexibility index (Phi) is 9.34. The minimum Gasteiger partial charge on any atom is -0.379 e. The van der Waals surface area contributed by atoms with Gasteiger partial charge in [-0.2, -0.15) is 0 Å². The van der Waals surface area contributed by atoms with Crippen LogP contribution in [0.2, 0.25) is 0 Å². The van der Waals surface area contributed by atoms with E-state index in [0.717, 1.165) is 45.4 Å². The number of carbonyl (C=O) groups excluding carboxylic acids is 1. The molecule has 1 aliphatic rings. The average molecular weight is 424 g/mol. The normalized spacial score (nSPS) is 14.8. The molecular formula is C24H33N5O2. The number of carbonyl (C=O) groups is 1. The second-order valence-corrected chi connectivity index (χ2v) is 7.40. The SMILES string of the molecule is CCNC(=NCc1ccccc1CN1CCOCC1)NCCNC(=O)c1ccccc1. The molecule has 0 bridgehead atoms. The van der Waals surface area contributed by atoms with Crippen molar-refractivity contribution in [3.05, 3.63) is 71.3 Å². The molecule has 31 heavy (non-hydrogen) atoms. The summed E-state index contributed by atoms with van der Waals surface area (Å²) in [7, 11) is 0. The van der Waals surface area contributed by atoms with Crippen LogP contribution in [0.5, 0.6) is 0 Å². The van der Waals surface area contributed by atoms with Gasteiger partial charge in [-0.15, -0.1) is 0 Å². The topological polar surface area (TPSA) is 78.0 Å². The quantitative estimate of drug-likeness (QED) is 0.327. The molecule has 2 aromatic carbocycles. The number of guanidine groups is 1. The molecule has 0 aliphatic carbocycles. The van der Waals surface area contributed by atoms with Crippen LogP contribution in [0, 0.1) is 0 Å². The summed E-state index contributed by atoms with van der Waals surface area (Å²) >= 11 is 0. The third kappa shape index (κ3) is 7.70. The fourth-order valence-corrected chi connectivity index (χ4v) is 3.42. The van der Waals surface area contributed by atoms with Gasteiger partial charge in [0, 0.05) is 44.8 Å². The van der Waals surface area contributed by atoms with Crippen molar-refractivity contribution in [2.45, 2.75) is 20.0 Å². The highest BCUT2D eigenvalue weighted by Gasteiger charge is 2.12. The Morgan fingerprint density at radius 2 is 1.61 bits per heavy atom. The van der Waals surface area contributed by atoms with Crippen LogP contribution in [0.4, 0.5) is 0 Å². The highest BCUT2D eigenvalue weighted by atomic mass is 16.5. The van der Waals surface area contributed by atoms with Gasteiger partial charge in [0.15, 0.2) is 5.96 Å². The lowest BCUT2D eigenvalue weighted by molar-refractivity contribution is 0.0341. The molecule has 3 rings (SSSR count). The number of hydrogen-bond donors (Lipinski definition) is 3. The van der Waals surface area contributed by atoms with Crippen LogP contribution in [0.3, 0.4) is 0 Å². The molecule has 7 nitrogen and oxygen atoms in total. The Balaban J connectivity index is 1.50. The highest BCUT2D eigenvalue weighted by molar-refractivity contribution is 5.94. The molecule has 0 radical (unpaired) electrons. The molecule has 0 atom stereocenters. The fraction of sp³-hybridized carbons (Fsp3) is 0.417. The van der Waals surface area contributed by atoms with E-state index in [1.54, 1.807) is 0 Å². The van der Waals surface area contributed by atoms with E-state index in [1.807, 2.05) is 37.3 Å². The van der Waals surface area contributed by atoms with E-state index in [2.05, 4.69) is 45.1 Å². The Morgan fingerprint density at radius 1 is 0.935 bits per heavy atom. The zero-order valence-corrected chi connectivity index (χ0v) is 18.3. The fourth-order valence-electron chi connectivity index (χ4n) is 3.42. The van der Waals surface area contributed by atoms with Crippen molar-refractivity contribution in [3.63, 3.8) is 0 Å². The van der Waals surface area contributed by atoms with Crippen LogP contribution in [0.1, 0.15) is 28.4 Å². The minimum atomic E-state index is -0.0682. The van der Waals surface area contributed by atoms with Crippen molar-refractivity contribution >= 4 is 11.9 Å². The van der Waals surface area contributed by atoms with E-state index in [9.17, 15) is 4.79 Å². The van der Waals surface area contributed by atoms with Crippen molar-refractivity contribution in [1.29, 1.82) is 0 Å². The lowest BCUT2D eigenvalue weighted by atomic mass is 10.1. The molecule has 1 fully saturated rings. The second-order valence-electron chi connectivity index (χ2n) is 7.40. The van der Waals surface area contributed by atoms with Gasteiger partial charge in [-0.3, -0.25) is 9.69 Å². The number of ether oxygens (including phenoxy) is 1. The van der Waals surface area contributed by atoms with Crippen LogP contribution < -0.4 is 16.0 Å².